The summed E-state index contributed by atoms with van der Waals surface area (Å²) in [6.45, 7) is -0.0913. The third-order valence-corrected chi connectivity index (χ3v) is 2.30. The largest absolute Gasteiger partial charge is 0.364 e. The average Bonchev–Trinajstić information content (AvgIpc) is 2.89. The van der Waals surface area contributed by atoms with E-state index in [0.717, 1.165) is 4.68 Å². The lowest BCUT2D eigenvalue weighted by molar-refractivity contribution is -0.774. The van der Waals surface area contributed by atoms with Crippen LogP contribution in [0.25, 0.3) is 0 Å². The van der Waals surface area contributed by atoms with Crippen LogP contribution in [0.1, 0.15) is 0 Å². The topological polar surface area (TPSA) is 132 Å². The first-order valence-electron chi connectivity index (χ1n) is 4.54. The standard InChI is InChI=1S/C6H6N8O3S/c15-5(9-6-10-7-3-18-6)1-12-4-13(2-8-12)11-14(16)17/h2-4,11H,1H2/p+1. The minimum atomic E-state index is -0.743. The Labute approximate surface area is 103 Å². The Morgan fingerprint density at radius 1 is 1.67 bits per heavy atom. The summed E-state index contributed by atoms with van der Waals surface area (Å²) in [5, 5.41) is 23.3. The third kappa shape index (κ3) is 3.18. The number of rotatable bonds is 5. The van der Waals surface area contributed by atoms with Crippen LogP contribution in [0.4, 0.5) is 5.13 Å². The predicted octanol–water partition coefficient (Wildman–Crippen LogP) is -1.60. The normalized spacial score (nSPS) is 10.0. The lowest BCUT2D eigenvalue weighted by atomic mass is 10.6. The van der Waals surface area contributed by atoms with Crippen LogP contribution in [-0.4, -0.2) is 30.9 Å². The van der Waals surface area contributed by atoms with Gasteiger partial charge < -0.3 is 10.1 Å². The van der Waals surface area contributed by atoms with E-state index in [0.29, 0.717) is 5.13 Å². The Bertz CT molecular complexity index is 551. The van der Waals surface area contributed by atoms with Crippen molar-refractivity contribution in [3.8, 4) is 0 Å². The number of nitrogens with one attached hydrogen (secondary N) is 2. The van der Waals surface area contributed by atoms with Gasteiger partial charge >= 0.3 is 12.7 Å². The Balaban J connectivity index is 1.91. The first-order valence-corrected chi connectivity index (χ1v) is 5.42. The molecule has 0 bridgehead atoms. The second-order valence-corrected chi connectivity index (χ2v) is 3.83. The van der Waals surface area contributed by atoms with Crippen molar-refractivity contribution in [1.82, 2.24) is 20.0 Å². The highest BCUT2D eigenvalue weighted by atomic mass is 32.1. The van der Waals surface area contributed by atoms with E-state index in [9.17, 15) is 14.9 Å². The first-order chi connectivity index (χ1) is 8.63. The number of carbonyl (C=O) groups excluding carboxylic acids is 1. The van der Waals surface area contributed by atoms with Crippen LogP contribution in [0, 0.1) is 10.1 Å². The van der Waals surface area contributed by atoms with Gasteiger partial charge in [0, 0.05) is 5.03 Å². The van der Waals surface area contributed by atoms with Crippen LogP contribution >= 0.6 is 11.3 Å². The molecule has 0 saturated heterocycles. The molecule has 94 valence electrons. The van der Waals surface area contributed by atoms with Crippen LogP contribution in [0.3, 0.4) is 0 Å². The molecule has 12 heteroatoms. The fourth-order valence-corrected chi connectivity index (χ4v) is 1.55. The summed E-state index contributed by atoms with van der Waals surface area (Å²) >= 11 is 1.18. The molecule has 0 aromatic carbocycles. The van der Waals surface area contributed by atoms with Crippen molar-refractivity contribution in [3.05, 3.63) is 28.3 Å². The Kier molecular flexibility index (Phi) is 3.38. The van der Waals surface area contributed by atoms with Gasteiger partial charge in [0.25, 0.3) is 5.91 Å². The monoisotopic (exact) mass is 271 g/mol. The summed E-state index contributed by atoms with van der Waals surface area (Å²) in [4.78, 5) is 21.7. The minimum Gasteiger partial charge on any atom is -0.339 e. The quantitative estimate of drug-likeness (QED) is 0.380. The van der Waals surface area contributed by atoms with Crippen molar-refractivity contribution >= 4 is 22.4 Å². The Morgan fingerprint density at radius 2 is 2.50 bits per heavy atom. The lowest BCUT2D eigenvalue weighted by Crippen LogP contribution is -2.46. The summed E-state index contributed by atoms with van der Waals surface area (Å²) < 4.78 is 2.24. The van der Waals surface area contributed by atoms with Crippen molar-refractivity contribution in [2.24, 2.45) is 0 Å². The number of anilines is 1. The summed E-state index contributed by atoms with van der Waals surface area (Å²) in [6.07, 6.45) is 2.43. The van der Waals surface area contributed by atoms with Gasteiger partial charge in [0.05, 0.1) is 0 Å². The Morgan fingerprint density at radius 3 is 3.17 bits per heavy atom. The van der Waals surface area contributed by atoms with Crippen molar-refractivity contribution in [2.45, 2.75) is 6.54 Å². The molecule has 2 aromatic heterocycles. The SMILES string of the molecule is O=C(Cn1c[n+](N[N+](=O)[O-])cn1)Nc1nncs1. The van der Waals surface area contributed by atoms with E-state index in [1.807, 2.05) is 5.53 Å². The fourth-order valence-electron chi connectivity index (χ4n) is 1.09. The molecule has 0 unspecified atom stereocenters. The molecular weight excluding hydrogens is 264 g/mol. The van der Waals surface area contributed by atoms with Gasteiger partial charge in [-0.2, -0.15) is 0 Å². The van der Waals surface area contributed by atoms with Crippen LogP contribution in [-0.2, 0) is 11.3 Å². The number of amides is 1. The maximum absolute atomic E-state index is 11.5. The maximum Gasteiger partial charge on any atom is 0.364 e. The number of carbonyl (C=O) groups is 1. The van der Waals surface area contributed by atoms with Crippen molar-refractivity contribution in [1.29, 1.82) is 0 Å². The molecule has 2 heterocycles. The van der Waals surface area contributed by atoms with Crippen molar-refractivity contribution in [3.63, 3.8) is 0 Å². The van der Waals surface area contributed by atoms with Gasteiger partial charge in [0.1, 0.15) is 10.6 Å². The van der Waals surface area contributed by atoms with Gasteiger partial charge in [-0.05, 0) is 10.2 Å². The summed E-state index contributed by atoms with van der Waals surface area (Å²) in [5.74, 6) is -0.358. The van der Waals surface area contributed by atoms with Crippen LogP contribution in [0.2, 0.25) is 0 Å². The zero-order valence-corrected chi connectivity index (χ0v) is 9.57. The molecule has 2 aromatic rings. The number of aromatic nitrogens is 5. The molecule has 0 aliphatic carbocycles. The van der Waals surface area contributed by atoms with Gasteiger partial charge in [-0.1, -0.05) is 16.0 Å². The molecule has 18 heavy (non-hydrogen) atoms. The number of nitrogens with zero attached hydrogens (tertiary/aromatic N) is 6. The zero-order chi connectivity index (χ0) is 13.0. The molecule has 0 radical (unpaired) electrons. The lowest BCUT2D eigenvalue weighted by Gasteiger charge is -1.94. The van der Waals surface area contributed by atoms with Gasteiger partial charge in [-0.3, -0.25) is 10.1 Å². The highest BCUT2D eigenvalue weighted by Gasteiger charge is 2.16. The van der Waals surface area contributed by atoms with E-state index in [4.69, 9.17) is 0 Å². The summed E-state index contributed by atoms with van der Waals surface area (Å²) in [6, 6.07) is 0. The number of nitro groups is 1. The number of hydrogen-bond donors (Lipinski definition) is 2. The molecule has 0 aliphatic heterocycles. The van der Waals surface area contributed by atoms with E-state index in [1.165, 1.54) is 34.2 Å². The van der Waals surface area contributed by atoms with Gasteiger partial charge in [0.2, 0.25) is 11.7 Å². The second kappa shape index (κ2) is 5.13. The smallest absolute Gasteiger partial charge is 0.339 e. The zero-order valence-electron chi connectivity index (χ0n) is 8.76. The van der Waals surface area contributed by atoms with E-state index in [2.05, 4.69) is 20.6 Å². The predicted molar refractivity (Wildman–Crippen MR) is 57.3 cm³/mol. The fraction of sp³-hybridized carbons (Fsp3) is 0.167. The van der Waals surface area contributed by atoms with Gasteiger partial charge in [-0.25, -0.2) is 0 Å². The van der Waals surface area contributed by atoms with Crippen LogP contribution < -0.4 is 15.5 Å². The molecule has 0 fully saturated rings. The van der Waals surface area contributed by atoms with Crippen molar-refractivity contribution in [2.75, 3.05) is 10.9 Å². The van der Waals surface area contributed by atoms with Gasteiger partial charge in [0.15, 0.2) is 0 Å². The molecule has 11 nitrogen and oxygen atoms in total. The number of hydrazine groups is 1. The van der Waals surface area contributed by atoms with Crippen molar-refractivity contribution < 1.29 is 14.5 Å². The molecular formula is C6H7N8O3S+. The van der Waals surface area contributed by atoms with Gasteiger partial charge in [-0.15, -0.1) is 10.2 Å². The molecule has 0 aliphatic rings. The molecule has 0 spiro atoms. The number of hydrogen-bond acceptors (Lipinski definition) is 7. The summed E-state index contributed by atoms with van der Waals surface area (Å²) in [7, 11) is 0. The molecule has 1 amide bonds. The second-order valence-electron chi connectivity index (χ2n) is 3.00. The highest BCUT2D eigenvalue weighted by molar-refractivity contribution is 7.13. The van der Waals surface area contributed by atoms with E-state index in [-0.39, 0.29) is 12.5 Å². The first kappa shape index (κ1) is 11.8. The van der Waals surface area contributed by atoms with E-state index in [1.54, 1.807) is 0 Å². The molecule has 0 atom stereocenters. The molecule has 0 saturated carbocycles. The van der Waals surface area contributed by atoms with E-state index >= 15 is 0 Å². The third-order valence-electron chi connectivity index (χ3n) is 1.69. The maximum atomic E-state index is 11.5. The molecule has 2 rings (SSSR count). The highest BCUT2D eigenvalue weighted by Crippen LogP contribution is 2.07. The average molecular weight is 271 g/mol. The summed E-state index contributed by atoms with van der Waals surface area (Å²) in [5.41, 5.74) is 3.33. The van der Waals surface area contributed by atoms with Crippen LogP contribution in [0.15, 0.2) is 18.2 Å². The minimum absolute atomic E-state index is 0.0913. The Hall–Kier alpha value is -2.63. The van der Waals surface area contributed by atoms with E-state index < -0.39 is 5.03 Å². The molecule has 2 N–H and O–H groups in total. The van der Waals surface area contributed by atoms with Crippen LogP contribution in [0.5, 0.6) is 0 Å².